The van der Waals surface area contributed by atoms with Crippen molar-refractivity contribution < 1.29 is 10.2 Å². The predicted molar refractivity (Wildman–Crippen MR) is 83.6 cm³/mol. The molecule has 0 heterocycles. The zero-order valence-electron chi connectivity index (χ0n) is 11.4. The Labute approximate surface area is 125 Å². The molecule has 0 saturated carbocycles. The van der Waals surface area contributed by atoms with Crippen molar-refractivity contribution in [2.75, 3.05) is 6.61 Å². The topological polar surface area (TPSA) is 40.5 Å². The van der Waals surface area contributed by atoms with Gasteiger partial charge >= 0.3 is 0 Å². The minimum absolute atomic E-state index is 0.333. The standard InChI is InChI=1S/C16H23BrO2/c17-14-12-10-8-6-4-2-1-3-5-7-9-11-13-16(19)15-18/h12,14,16,18-19H,1-6,8,10,15H2. The monoisotopic (exact) mass is 326 g/mol. The molecule has 1 atom stereocenters. The van der Waals surface area contributed by atoms with Crippen LogP contribution in [-0.4, -0.2) is 22.9 Å². The first-order chi connectivity index (χ1) is 9.31. The first kappa shape index (κ1) is 18.3. The summed E-state index contributed by atoms with van der Waals surface area (Å²) in [5, 5.41) is 17.5. The van der Waals surface area contributed by atoms with Crippen LogP contribution in [0.25, 0.3) is 0 Å². The molecule has 19 heavy (non-hydrogen) atoms. The van der Waals surface area contributed by atoms with Gasteiger partial charge in [-0.3, -0.25) is 0 Å². The summed E-state index contributed by atoms with van der Waals surface area (Å²) in [5.41, 5.74) is 0. The Morgan fingerprint density at radius 2 is 1.68 bits per heavy atom. The summed E-state index contributed by atoms with van der Waals surface area (Å²) in [6, 6.07) is 0. The van der Waals surface area contributed by atoms with Gasteiger partial charge in [0, 0.05) is 6.42 Å². The highest BCUT2D eigenvalue weighted by molar-refractivity contribution is 9.11. The Hall–Kier alpha value is -0.740. The van der Waals surface area contributed by atoms with E-state index in [9.17, 15) is 0 Å². The van der Waals surface area contributed by atoms with E-state index in [0.717, 1.165) is 19.3 Å². The minimum Gasteiger partial charge on any atom is -0.393 e. The number of halogens is 1. The van der Waals surface area contributed by atoms with Crippen molar-refractivity contribution >= 4 is 15.9 Å². The van der Waals surface area contributed by atoms with Gasteiger partial charge in [0.15, 0.2) is 0 Å². The number of unbranched alkanes of at least 4 members (excludes halogenated alkanes) is 7. The predicted octanol–water partition coefficient (Wildman–Crippen LogP) is 3.38. The van der Waals surface area contributed by atoms with Crippen molar-refractivity contribution in [3.63, 3.8) is 0 Å². The summed E-state index contributed by atoms with van der Waals surface area (Å²) in [4.78, 5) is 1.92. The molecule has 0 fully saturated rings. The van der Waals surface area contributed by atoms with Crippen molar-refractivity contribution in [2.45, 2.75) is 57.5 Å². The van der Waals surface area contributed by atoms with E-state index in [4.69, 9.17) is 10.2 Å². The molecular formula is C16H23BrO2. The van der Waals surface area contributed by atoms with Crippen LogP contribution in [0.5, 0.6) is 0 Å². The van der Waals surface area contributed by atoms with Crippen LogP contribution >= 0.6 is 15.9 Å². The molecule has 0 bridgehead atoms. The summed E-state index contributed by atoms with van der Waals surface area (Å²) in [6.07, 6.45) is 10.7. The quantitative estimate of drug-likeness (QED) is 0.503. The van der Waals surface area contributed by atoms with Crippen LogP contribution in [0.15, 0.2) is 11.1 Å². The summed E-state index contributed by atoms with van der Waals surface area (Å²) in [7, 11) is 0. The second kappa shape index (κ2) is 15.3. The SMILES string of the molecule is OCC(O)C#CC#CCCCCCCCCC=CBr. The van der Waals surface area contributed by atoms with Gasteiger partial charge in [0.25, 0.3) is 0 Å². The van der Waals surface area contributed by atoms with E-state index >= 15 is 0 Å². The number of hydrogen-bond acceptors (Lipinski definition) is 2. The number of allylic oxidation sites excluding steroid dienone is 1. The molecule has 0 aliphatic carbocycles. The molecule has 2 nitrogen and oxygen atoms in total. The lowest BCUT2D eigenvalue weighted by Gasteiger charge is -1.98. The molecule has 0 aromatic rings. The zero-order valence-corrected chi connectivity index (χ0v) is 13.0. The Morgan fingerprint density at radius 3 is 2.37 bits per heavy atom. The first-order valence-electron chi connectivity index (χ1n) is 6.83. The lowest BCUT2D eigenvalue weighted by molar-refractivity contribution is 0.138. The third kappa shape index (κ3) is 15.2. The minimum atomic E-state index is -0.964. The third-order valence-corrected chi connectivity index (χ3v) is 2.95. The van der Waals surface area contributed by atoms with Gasteiger partial charge < -0.3 is 10.2 Å². The van der Waals surface area contributed by atoms with Crippen molar-refractivity contribution in [2.24, 2.45) is 0 Å². The molecule has 2 N–H and O–H groups in total. The molecule has 0 amide bonds. The van der Waals surface area contributed by atoms with Crippen molar-refractivity contribution in [1.82, 2.24) is 0 Å². The van der Waals surface area contributed by atoms with Crippen molar-refractivity contribution in [1.29, 1.82) is 0 Å². The van der Waals surface area contributed by atoms with E-state index in [0.29, 0.717) is 0 Å². The Morgan fingerprint density at radius 1 is 1.00 bits per heavy atom. The number of aliphatic hydroxyl groups excluding tert-OH is 2. The zero-order chi connectivity index (χ0) is 14.2. The highest BCUT2D eigenvalue weighted by Crippen LogP contribution is 2.08. The molecule has 0 aromatic carbocycles. The van der Waals surface area contributed by atoms with Crippen LogP contribution < -0.4 is 0 Å². The Kier molecular flexibility index (Phi) is 14.7. The lowest BCUT2D eigenvalue weighted by Crippen LogP contribution is -2.07. The van der Waals surface area contributed by atoms with Crippen LogP contribution in [0.1, 0.15) is 51.4 Å². The van der Waals surface area contributed by atoms with E-state index in [2.05, 4.69) is 45.7 Å². The van der Waals surface area contributed by atoms with Gasteiger partial charge in [-0.25, -0.2) is 0 Å². The first-order valence-corrected chi connectivity index (χ1v) is 7.75. The van der Waals surface area contributed by atoms with Crippen LogP contribution in [0.3, 0.4) is 0 Å². The highest BCUT2D eigenvalue weighted by Gasteiger charge is 1.91. The van der Waals surface area contributed by atoms with Crippen LogP contribution in [0.4, 0.5) is 0 Å². The van der Waals surface area contributed by atoms with E-state index in [1.54, 1.807) is 0 Å². The van der Waals surface area contributed by atoms with E-state index in [1.807, 2.05) is 4.99 Å². The van der Waals surface area contributed by atoms with Crippen molar-refractivity contribution in [3.05, 3.63) is 11.1 Å². The second-order valence-corrected chi connectivity index (χ2v) is 4.82. The van der Waals surface area contributed by atoms with Crippen molar-refractivity contribution in [3.8, 4) is 23.7 Å². The van der Waals surface area contributed by atoms with Gasteiger partial charge in [-0.2, -0.15) is 0 Å². The number of aliphatic hydroxyl groups is 2. The molecule has 0 aromatic heterocycles. The summed E-state index contributed by atoms with van der Waals surface area (Å²) in [6.45, 7) is -0.333. The molecule has 3 heteroatoms. The van der Waals surface area contributed by atoms with E-state index in [1.165, 1.54) is 32.1 Å². The molecule has 0 spiro atoms. The maximum atomic E-state index is 8.94. The average molecular weight is 327 g/mol. The second-order valence-electron chi connectivity index (χ2n) is 4.29. The summed E-state index contributed by atoms with van der Waals surface area (Å²) in [5.74, 6) is 10.6. The van der Waals surface area contributed by atoms with Gasteiger partial charge in [0.1, 0.15) is 6.10 Å². The summed E-state index contributed by atoms with van der Waals surface area (Å²) < 4.78 is 0. The average Bonchev–Trinajstić information content (AvgIpc) is 2.43. The third-order valence-electron chi connectivity index (χ3n) is 2.57. The molecule has 1 unspecified atom stereocenters. The molecule has 0 aliphatic rings. The van der Waals surface area contributed by atoms with Gasteiger partial charge in [-0.15, -0.1) is 0 Å². The molecule has 0 saturated heterocycles. The maximum Gasteiger partial charge on any atom is 0.138 e. The van der Waals surface area contributed by atoms with E-state index < -0.39 is 6.10 Å². The smallest absolute Gasteiger partial charge is 0.138 e. The number of rotatable bonds is 9. The molecule has 0 rings (SSSR count). The van der Waals surface area contributed by atoms with Crippen LogP contribution in [-0.2, 0) is 0 Å². The fourth-order valence-electron chi connectivity index (χ4n) is 1.52. The van der Waals surface area contributed by atoms with Crippen LogP contribution in [0.2, 0.25) is 0 Å². The van der Waals surface area contributed by atoms with Gasteiger partial charge in [-0.1, -0.05) is 59.5 Å². The molecular weight excluding hydrogens is 304 g/mol. The molecule has 0 aliphatic heterocycles. The highest BCUT2D eigenvalue weighted by atomic mass is 79.9. The summed E-state index contributed by atoms with van der Waals surface area (Å²) >= 11 is 3.26. The van der Waals surface area contributed by atoms with Gasteiger partial charge in [-0.05, 0) is 36.1 Å². The largest absolute Gasteiger partial charge is 0.393 e. The maximum absolute atomic E-state index is 8.94. The molecule has 106 valence electrons. The number of hydrogen-bond donors (Lipinski definition) is 2. The lowest BCUT2D eigenvalue weighted by atomic mass is 10.1. The van der Waals surface area contributed by atoms with E-state index in [-0.39, 0.29) is 6.61 Å². The fourth-order valence-corrected chi connectivity index (χ4v) is 1.78. The molecule has 0 radical (unpaired) electrons. The van der Waals surface area contributed by atoms with Gasteiger partial charge in [0.2, 0.25) is 0 Å². The Bertz CT molecular complexity index is 341. The normalized spacial score (nSPS) is 11.5. The van der Waals surface area contributed by atoms with Crippen LogP contribution in [0, 0.1) is 23.7 Å². The fraction of sp³-hybridized carbons (Fsp3) is 0.625. The Balaban J connectivity index is 3.31. The van der Waals surface area contributed by atoms with Gasteiger partial charge in [0.05, 0.1) is 6.61 Å².